The molecule has 7 nitrogen and oxygen atoms in total. The van der Waals surface area contributed by atoms with E-state index in [9.17, 15) is 4.79 Å². The summed E-state index contributed by atoms with van der Waals surface area (Å²) < 4.78 is 5.91. The average molecular weight is 359 g/mol. The number of likely N-dealkylation sites (tertiary alicyclic amines) is 1. The molecule has 142 valence electrons. The topological polar surface area (TPSA) is 61.8 Å². The molecule has 2 bridgehead atoms. The molecule has 0 spiro atoms. The van der Waals surface area contributed by atoms with Gasteiger partial charge in [-0.15, -0.1) is 0 Å². The highest BCUT2D eigenvalue weighted by Crippen LogP contribution is 2.25. The van der Waals surface area contributed by atoms with E-state index in [0.717, 1.165) is 64.5 Å². The number of carbonyl (C=O) groups excluding carboxylic acids is 1. The first kappa shape index (κ1) is 17.7. The highest BCUT2D eigenvalue weighted by Gasteiger charge is 2.34. The molecule has 3 aliphatic heterocycles. The van der Waals surface area contributed by atoms with Crippen molar-refractivity contribution in [2.24, 2.45) is 5.92 Å². The van der Waals surface area contributed by atoms with Crippen molar-refractivity contribution in [2.75, 3.05) is 57.4 Å². The Morgan fingerprint density at radius 3 is 2.85 bits per heavy atom. The summed E-state index contributed by atoms with van der Waals surface area (Å²) in [6.07, 6.45) is 6.73. The van der Waals surface area contributed by atoms with E-state index in [-0.39, 0.29) is 11.9 Å². The van der Waals surface area contributed by atoms with E-state index >= 15 is 0 Å². The van der Waals surface area contributed by atoms with E-state index < -0.39 is 0 Å². The molecule has 2 atom stereocenters. The molecule has 0 radical (unpaired) electrons. The van der Waals surface area contributed by atoms with E-state index in [1.54, 1.807) is 12.4 Å². The van der Waals surface area contributed by atoms with Gasteiger partial charge in [0.25, 0.3) is 5.91 Å². The first-order chi connectivity index (χ1) is 12.7. The summed E-state index contributed by atoms with van der Waals surface area (Å²) in [7, 11) is 0. The van der Waals surface area contributed by atoms with Gasteiger partial charge in [-0.2, -0.15) is 0 Å². The number of carbonyl (C=O) groups is 1. The minimum atomic E-state index is 0.0125. The van der Waals surface area contributed by atoms with Crippen molar-refractivity contribution in [3.05, 3.63) is 18.1 Å². The van der Waals surface area contributed by atoms with Crippen LogP contribution in [-0.4, -0.2) is 84.2 Å². The van der Waals surface area contributed by atoms with Crippen LogP contribution in [0.5, 0.6) is 0 Å². The summed E-state index contributed by atoms with van der Waals surface area (Å²) in [4.78, 5) is 28.5. The molecule has 4 heterocycles. The van der Waals surface area contributed by atoms with Gasteiger partial charge >= 0.3 is 0 Å². The number of nitrogens with zero attached hydrogens (tertiary/aromatic N) is 5. The Morgan fingerprint density at radius 2 is 2.04 bits per heavy atom. The van der Waals surface area contributed by atoms with E-state index in [4.69, 9.17) is 9.72 Å². The summed E-state index contributed by atoms with van der Waals surface area (Å²) in [5.74, 6) is 1.29. The van der Waals surface area contributed by atoms with Gasteiger partial charge in [0.15, 0.2) is 0 Å². The Bertz CT molecular complexity index is 634. The van der Waals surface area contributed by atoms with Crippen LogP contribution in [0.25, 0.3) is 0 Å². The average Bonchev–Trinajstić information content (AvgIpc) is 3.03. The molecular weight excluding hydrogens is 330 g/mol. The van der Waals surface area contributed by atoms with Gasteiger partial charge < -0.3 is 19.4 Å². The maximum atomic E-state index is 12.7. The van der Waals surface area contributed by atoms with Crippen LogP contribution in [0.15, 0.2) is 12.4 Å². The molecule has 1 aromatic rings. The molecule has 4 rings (SSSR count). The lowest BCUT2D eigenvalue weighted by atomic mass is 10.1. The number of hydrogen-bond donors (Lipinski definition) is 0. The van der Waals surface area contributed by atoms with E-state index in [1.807, 2.05) is 4.90 Å². The van der Waals surface area contributed by atoms with Crippen molar-refractivity contribution < 1.29 is 9.53 Å². The second-order valence-electron chi connectivity index (χ2n) is 7.73. The van der Waals surface area contributed by atoms with Gasteiger partial charge in [-0.1, -0.05) is 6.92 Å². The first-order valence-electron chi connectivity index (χ1n) is 9.92. The lowest BCUT2D eigenvalue weighted by molar-refractivity contribution is 0.0650. The standard InChI is InChI=1S/C19H29N5O2/c1-2-5-22-10-15-11-24(16(12-22)14-26-13-15)18-9-20-8-17(21-18)19(25)23-6-3-4-7-23/h8-9,15-16H,2-7,10-14H2,1H3/t15-,16-/m0/s1. The molecule has 26 heavy (non-hydrogen) atoms. The SMILES string of the molecule is CCCN1C[C@@H]2COC[C@H](C1)N(c1cncc(C(=O)N3CCCC3)n1)C2. The minimum absolute atomic E-state index is 0.0125. The summed E-state index contributed by atoms with van der Waals surface area (Å²) in [6, 6.07) is 0.264. The van der Waals surface area contributed by atoms with Crippen LogP contribution >= 0.6 is 0 Å². The molecule has 0 aromatic carbocycles. The highest BCUT2D eigenvalue weighted by molar-refractivity contribution is 5.92. The van der Waals surface area contributed by atoms with Crippen molar-refractivity contribution >= 4 is 11.7 Å². The number of ether oxygens (including phenoxy) is 1. The number of aromatic nitrogens is 2. The largest absolute Gasteiger partial charge is 0.379 e. The van der Waals surface area contributed by atoms with Gasteiger partial charge in [0.2, 0.25) is 0 Å². The van der Waals surface area contributed by atoms with Crippen LogP contribution in [0.2, 0.25) is 0 Å². The third-order valence-corrected chi connectivity index (χ3v) is 5.61. The molecule has 0 saturated carbocycles. The predicted molar refractivity (Wildman–Crippen MR) is 99.3 cm³/mol. The summed E-state index contributed by atoms with van der Waals surface area (Å²) in [5.41, 5.74) is 0.467. The molecule has 0 aliphatic carbocycles. The quantitative estimate of drug-likeness (QED) is 0.807. The second-order valence-corrected chi connectivity index (χ2v) is 7.73. The van der Waals surface area contributed by atoms with Crippen LogP contribution < -0.4 is 4.90 Å². The Labute approximate surface area is 155 Å². The summed E-state index contributed by atoms with van der Waals surface area (Å²) in [6.45, 7) is 9.50. The van der Waals surface area contributed by atoms with Crippen molar-refractivity contribution in [3.8, 4) is 0 Å². The van der Waals surface area contributed by atoms with Crippen LogP contribution in [0, 0.1) is 5.92 Å². The summed E-state index contributed by atoms with van der Waals surface area (Å²) >= 11 is 0. The monoisotopic (exact) mass is 359 g/mol. The zero-order valence-electron chi connectivity index (χ0n) is 15.6. The highest BCUT2D eigenvalue weighted by atomic mass is 16.5. The first-order valence-corrected chi connectivity index (χ1v) is 9.92. The molecule has 3 saturated heterocycles. The lowest BCUT2D eigenvalue weighted by Gasteiger charge is -2.31. The molecular formula is C19H29N5O2. The Morgan fingerprint density at radius 1 is 1.19 bits per heavy atom. The molecule has 0 unspecified atom stereocenters. The van der Waals surface area contributed by atoms with Crippen molar-refractivity contribution in [1.82, 2.24) is 19.8 Å². The van der Waals surface area contributed by atoms with E-state index in [2.05, 4.69) is 21.7 Å². The fourth-order valence-electron chi connectivity index (χ4n) is 4.40. The van der Waals surface area contributed by atoms with Crippen LogP contribution in [0.3, 0.4) is 0 Å². The third kappa shape index (κ3) is 3.69. The number of anilines is 1. The normalized spacial score (nSPS) is 26.8. The molecule has 3 fully saturated rings. The van der Waals surface area contributed by atoms with Gasteiger partial charge in [-0.05, 0) is 25.8 Å². The van der Waals surface area contributed by atoms with Gasteiger partial charge in [0.1, 0.15) is 11.5 Å². The Balaban J connectivity index is 1.56. The second kappa shape index (κ2) is 7.88. The van der Waals surface area contributed by atoms with Crippen LogP contribution in [0.4, 0.5) is 5.82 Å². The molecule has 3 aliphatic rings. The van der Waals surface area contributed by atoms with Gasteiger partial charge in [-0.3, -0.25) is 9.78 Å². The predicted octanol–water partition coefficient (Wildman–Crippen LogP) is 1.26. The minimum Gasteiger partial charge on any atom is -0.379 e. The number of hydrogen-bond acceptors (Lipinski definition) is 6. The van der Waals surface area contributed by atoms with Gasteiger partial charge in [0, 0.05) is 38.6 Å². The fraction of sp³-hybridized carbons (Fsp3) is 0.737. The maximum absolute atomic E-state index is 12.7. The third-order valence-electron chi connectivity index (χ3n) is 5.61. The number of amides is 1. The van der Waals surface area contributed by atoms with E-state index in [1.165, 1.54) is 6.42 Å². The van der Waals surface area contributed by atoms with Crippen molar-refractivity contribution in [3.63, 3.8) is 0 Å². The van der Waals surface area contributed by atoms with Gasteiger partial charge in [-0.25, -0.2) is 4.98 Å². The number of rotatable bonds is 4. The summed E-state index contributed by atoms with van der Waals surface area (Å²) in [5, 5.41) is 0. The number of fused-ring (bicyclic) bond motifs is 3. The zero-order chi connectivity index (χ0) is 17.9. The molecule has 7 heteroatoms. The molecule has 1 amide bonds. The van der Waals surface area contributed by atoms with Crippen molar-refractivity contribution in [1.29, 1.82) is 0 Å². The Kier molecular flexibility index (Phi) is 5.36. The lowest BCUT2D eigenvalue weighted by Crippen LogP contribution is -2.44. The van der Waals surface area contributed by atoms with Crippen LogP contribution in [0.1, 0.15) is 36.7 Å². The van der Waals surface area contributed by atoms with Crippen LogP contribution in [-0.2, 0) is 4.74 Å². The fourth-order valence-corrected chi connectivity index (χ4v) is 4.40. The molecule has 0 N–H and O–H groups in total. The Hall–Kier alpha value is -1.73. The smallest absolute Gasteiger partial charge is 0.274 e. The zero-order valence-corrected chi connectivity index (χ0v) is 15.6. The maximum Gasteiger partial charge on any atom is 0.274 e. The van der Waals surface area contributed by atoms with Crippen molar-refractivity contribution in [2.45, 2.75) is 32.2 Å². The van der Waals surface area contributed by atoms with E-state index in [0.29, 0.717) is 18.2 Å². The molecule has 1 aromatic heterocycles. The van der Waals surface area contributed by atoms with Gasteiger partial charge in [0.05, 0.1) is 31.6 Å².